The van der Waals surface area contributed by atoms with Crippen LogP contribution in [0.1, 0.15) is 62.6 Å². The maximum Gasteiger partial charge on any atom is -0.0128 e. The van der Waals surface area contributed by atoms with E-state index in [1.807, 2.05) is 0 Å². The van der Waals surface area contributed by atoms with E-state index in [-0.39, 0.29) is 0 Å². The highest BCUT2D eigenvalue weighted by Gasteiger charge is 2.35. The Morgan fingerprint density at radius 2 is 2.00 bits per heavy atom. The van der Waals surface area contributed by atoms with Crippen molar-refractivity contribution in [3.63, 3.8) is 0 Å². The summed E-state index contributed by atoms with van der Waals surface area (Å²) in [4.78, 5) is 0. The summed E-state index contributed by atoms with van der Waals surface area (Å²) < 4.78 is 0. The number of aryl methyl sites for hydroxylation is 2. The van der Waals surface area contributed by atoms with Gasteiger partial charge in [0.15, 0.2) is 0 Å². The van der Waals surface area contributed by atoms with Crippen molar-refractivity contribution in [3.05, 3.63) is 34.9 Å². The zero-order valence-electron chi connectivity index (χ0n) is 11.8. The van der Waals surface area contributed by atoms with Gasteiger partial charge in [-0.1, -0.05) is 45.4 Å². The Labute approximate surface area is 106 Å². The van der Waals surface area contributed by atoms with Crippen LogP contribution in [0.5, 0.6) is 0 Å². The van der Waals surface area contributed by atoms with Gasteiger partial charge in [0.25, 0.3) is 0 Å². The van der Waals surface area contributed by atoms with Crippen LogP contribution >= 0.6 is 0 Å². The van der Waals surface area contributed by atoms with Crippen molar-refractivity contribution in [2.75, 3.05) is 0 Å². The predicted octanol–water partition coefficient (Wildman–Crippen LogP) is 5.10. The molecule has 1 aromatic carbocycles. The second-order valence-electron chi connectivity index (χ2n) is 5.97. The van der Waals surface area contributed by atoms with E-state index >= 15 is 0 Å². The second kappa shape index (κ2) is 5.25. The van der Waals surface area contributed by atoms with Crippen LogP contribution in [0, 0.1) is 18.8 Å². The van der Waals surface area contributed by atoms with Gasteiger partial charge in [-0.25, -0.2) is 0 Å². The van der Waals surface area contributed by atoms with E-state index in [2.05, 4.69) is 45.9 Å². The van der Waals surface area contributed by atoms with Crippen LogP contribution in [0.4, 0.5) is 0 Å². The largest absolute Gasteiger partial charge is 0.0654 e. The summed E-state index contributed by atoms with van der Waals surface area (Å²) in [5, 5.41) is 0. The third-order valence-electron chi connectivity index (χ3n) is 4.71. The van der Waals surface area contributed by atoms with Crippen molar-refractivity contribution in [1.29, 1.82) is 0 Å². The standard InChI is InChI=1S/C17H26/c1-5-6-7-15-8-9-16(13(3)10-15)17-11-12(2)14(17)4/h8-10,12,14,17H,5-7,11H2,1-4H3. The summed E-state index contributed by atoms with van der Waals surface area (Å²) in [6.45, 7) is 9.34. The van der Waals surface area contributed by atoms with Crippen molar-refractivity contribution in [3.8, 4) is 0 Å². The fourth-order valence-corrected chi connectivity index (χ4v) is 3.13. The Morgan fingerprint density at radius 1 is 1.24 bits per heavy atom. The zero-order valence-corrected chi connectivity index (χ0v) is 11.8. The van der Waals surface area contributed by atoms with Crippen LogP contribution in [-0.2, 0) is 6.42 Å². The molecule has 0 bridgehead atoms. The zero-order chi connectivity index (χ0) is 12.4. The lowest BCUT2D eigenvalue weighted by Gasteiger charge is -2.42. The van der Waals surface area contributed by atoms with Gasteiger partial charge in [-0.3, -0.25) is 0 Å². The van der Waals surface area contributed by atoms with Gasteiger partial charge in [0.2, 0.25) is 0 Å². The van der Waals surface area contributed by atoms with Crippen LogP contribution in [0.25, 0.3) is 0 Å². The SMILES string of the molecule is CCCCc1ccc(C2CC(C)C2C)c(C)c1. The molecule has 94 valence electrons. The van der Waals surface area contributed by atoms with Crippen LogP contribution in [0.3, 0.4) is 0 Å². The van der Waals surface area contributed by atoms with E-state index in [1.165, 1.54) is 36.8 Å². The maximum atomic E-state index is 2.42. The van der Waals surface area contributed by atoms with Gasteiger partial charge in [0, 0.05) is 0 Å². The molecule has 0 saturated heterocycles. The highest BCUT2D eigenvalue weighted by Crippen LogP contribution is 2.47. The molecule has 0 amide bonds. The molecule has 0 aromatic heterocycles. The van der Waals surface area contributed by atoms with Crippen LogP contribution in [0.2, 0.25) is 0 Å². The van der Waals surface area contributed by atoms with Gasteiger partial charge in [-0.05, 0) is 60.6 Å². The molecule has 17 heavy (non-hydrogen) atoms. The molecular weight excluding hydrogens is 204 g/mol. The van der Waals surface area contributed by atoms with Crippen LogP contribution in [-0.4, -0.2) is 0 Å². The van der Waals surface area contributed by atoms with E-state index in [0.29, 0.717) is 0 Å². The molecule has 0 nitrogen and oxygen atoms in total. The van der Waals surface area contributed by atoms with Crippen molar-refractivity contribution in [1.82, 2.24) is 0 Å². The molecule has 1 saturated carbocycles. The molecular formula is C17H26. The van der Waals surface area contributed by atoms with Gasteiger partial charge < -0.3 is 0 Å². The van der Waals surface area contributed by atoms with Gasteiger partial charge in [-0.2, -0.15) is 0 Å². The van der Waals surface area contributed by atoms with Crippen molar-refractivity contribution in [2.24, 2.45) is 11.8 Å². The number of unbranched alkanes of at least 4 members (excludes halogenated alkanes) is 1. The minimum atomic E-state index is 0.824. The summed E-state index contributed by atoms with van der Waals surface area (Å²) in [7, 11) is 0. The first kappa shape index (κ1) is 12.7. The van der Waals surface area contributed by atoms with E-state index in [9.17, 15) is 0 Å². The number of hydrogen-bond donors (Lipinski definition) is 0. The molecule has 1 fully saturated rings. The molecule has 3 atom stereocenters. The highest BCUT2D eigenvalue weighted by molar-refractivity contribution is 5.35. The monoisotopic (exact) mass is 230 g/mol. The molecule has 0 radical (unpaired) electrons. The number of benzene rings is 1. The summed E-state index contributed by atoms with van der Waals surface area (Å²) in [6, 6.07) is 7.17. The Hall–Kier alpha value is -0.780. The van der Waals surface area contributed by atoms with Gasteiger partial charge in [0.1, 0.15) is 0 Å². The van der Waals surface area contributed by atoms with Crippen LogP contribution < -0.4 is 0 Å². The van der Waals surface area contributed by atoms with E-state index < -0.39 is 0 Å². The molecule has 0 spiro atoms. The Bertz CT molecular complexity index is 378. The average Bonchev–Trinajstić information content (AvgIpc) is 2.34. The Morgan fingerprint density at radius 3 is 2.53 bits per heavy atom. The van der Waals surface area contributed by atoms with Gasteiger partial charge >= 0.3 is 0 Å². The Kier molecular flexibility index (Phi) is 3.91. The molecule has 1 aliphatic rings. The predicted molar refractivity (Wildman–Crippen MR) is 75.5 cm³/mol. The number of rotatable bonds is 4. The quantitative estimate of drug-likeness (QED) is 0.675. The van der Waals surface area contributed by atoms with Gasteiger partial charge in [-0.15, -0.1) is 0 Å². The minimum absolute atomic E-state index is 0.824. The fraction of sp³-hybridized carbons (Fsp3) is 0.647. The second-order valence-corrected chi connectivity index (χ2v) is 5.97. The number of hydrogen-bond acceptors (Lipinski definition) is 0. The summed E-state index contributed by atoms with van der Waals surface area (Å²) in [5.74, 6) is 2.61. The highest BCUT2D eigenvalue weighted by atomic mass is 14.4. The molecule has 0 heteroatoms. The van der Waals surface area contributed by atoms with E-state index in [0.717, 1.165) is 17.8 Å². The van der Waals surface area contributed by atoms with Crippen LogP contribution in [0.15, 0.2) is 18.2 Å². The maximum absolute atomic E-state index is 2.42. The van der Waals surface area contributed by atoms with E-state index in [4.69, 9.17) is 0 Å². The first-order valence-corrected chi connectivity index (χ1v) is 7.23. The molecule has 0 aliphatic heterocycles. The van der Waals surface area contributed by atoms with Crippen molar-refractivity contribution >= 4 is 0 Å². The molecule has 1 aromatic rings. The van der Waals surface area contributed by atoms with E-state index in [1.54, 1.807) is 5.56 Å². The third kappa shape index (κ3) is 2.56. The molecule has 2 rings (SSSR count). The molecule has 0 heterocycles. The first-order chi connectivity index (χ1) is 8.13. The summed E-state index contributed by atoms with van der Waals surface area (Å²) in [6.07, 6.45) is 5.23. The molecule has 0 N–H and O–H groups in total. The smallest absolute Gasteiger partial charge is 0.0128 e. The lowest BCUT2D eigenvalue weighted by Crippen LogP contribution is -2.30. The first-order valence-electron chi connectivity index (χ1n) is 7.23. The normalized spacial score (nSPS) is 27.9. The fourth-order valence-electron chi connectivity index (χ4n) is 3.13. The minimum Gasteiger partial charge on any atom is -0.0654 e. The Balaban J connectivity index is 2.09. The van der Waals surface area contributed by atoms with Crippen molar-refractivity contribution < 1.29 is 0 Å². The topological polar surface area (TPSA) is 0 Å². The summed E-state index contributed by atoms with van der Waals surface area (Å²) >= 11 is 0. The molecule has 1 aliphatic carbocycles. The summed E-state index contributed by atoms with van der Waals surface area (Å²) in [5.41, 5.74) is 4.64. The lowest BCUT2D eigenvalue weighted by molar-refractivity contribution is 0.169. The molecule has 3 unspecified atom stereocenters. The van der Waals surface area contributed by atoms with Gasteiger partial charge in [0.05, 0.1) is 0 Å². The lowest BCUT2D eigenvalue weighted by atomic mass is 9.63. The van der Waals surface area contributed by atoms with Crippen molar-refractivity contribution in [2.45, 2.75) is 59.3 Å². The average molecular weight is 230 g/mol. The third-order valence-corrected chi connectivity index (χ3v) is 4.71.